The number of nitrogens with one attached hydrogen (secondary N) is 3. The van der Waals surface area contributed by atoms with Gasteiger partial charge in [0, 0.05) is 6.54 Å². The fourth-order valence-electron chi connectivity index (χ4n) is 2.27. The van der Waals surface area contributed by atoms with E-state index in [0.717, 1.165) is 11.8 Å². The monoisotopic (exact) mass is 347 g/mol. The molecule has 2 amide bonds. The summed E-state index contributed by atoms with van der Waals surface area (Å²) in [5.41, 5.74) is 2.15. The number of urea groups is 1. The van der Waals surface area contributed by atoms with Gasteiger partial charge in [-0.25, -0.2) is 13.2 Å². The molecule has 0 saturated carbocycles. The van der Waals surface area contributed by atoms with Gasteiger partial charge in [-0.05, 0) is 24.1 Å². The number of benzene rings is 2. The average molecular weight is 347 g/mol. The van der Waals surface area contributed by atoms with Crippen LogP contribution in [0.15, 0.2) is 54.6 Å². The zero-order valence-corrected chi connectivity index (χ0v) is 14.4. The zero-order chi connectivity index (χ0) is 17.6. The van der Waals surface area contributed by atoms with Gasteiger partial charge in [0.15, 0.2) is 0 Å². The number of anilines is 1. The topological polar surface area (TPSA) is 87.3 Å². The maximum absolute atomic E-state index is 12.0. The fraction of sp³-hybridized carbons (Fsp3) is 0.235. The second-order valence-electron chi connectivity index (χ2n) is 5.50. The molecule has 24 heavy (non-hydrogen) atoms. The molecule has 3 N–H and O–H groups in total. The number of carbonyl (C=O) groups is 1. The van der Waals surface area contributed by atoms with Gasteiger partial charge in [-0.2, -0.15) is 0 Å². The van der Waals surface area contributed by atoms with Gasteiger partial charge in [0.25, 0.3) is 0 Å². The van der Waals surface area contributed by atoms with Crippen molar-refractivity contribution in [2.75, 3.05) is 11.0 Å². The second kappa shape index (κ2) is 7.83. The van der Waals surface area contributed by atoms with E-state index >= 15 is 0 Å². The number of sulfonamides is 1. The molecular formula is C17H21N3O3S. The number of rotatable bonds is 6. The Morgan fingerprint density at radius 3 is 2.33 bits per heavy atom. The Bertz CT molecular complexity index is 792. The van der Waals surface area contributed by atoms with Crippen LogP contribution in [0, 0.1) is 0 Å². The summed E-state index contributed by atoms with van der Waals surface area (Å²) in [5.74, 6) is 0. The van der Waals surface area contributed by atoms with Crippen LogP contribution < -0.4 is 15.4 Å². The highest BCUT2D eigenvalue weighted by Gasteiger charge is 2.14. The Morgan fingerprint density at radius 2 is 1.67 bits per heavy atom. The maximum Gasteiger partial charge on any atom is 0.315 e. The van der Waals surface area contributed by atoms with Crippen molar-refractivity contribution in [3.8, 4) is 0 Å². The van der Waals surface area contributed by atoms with E-state index < -0.39 is 10.0 Å². The molecule has 2 aromatic carbocycles. The molecular weight excluding hydrogens is 326 g/mol. The van der Waals surface area contributed by atoms with E-state index in [1.807, 2.05) is 30.3 Å². The van der Waals surface area contributed by atoms with Crippen molar-refractivity contribution < 1.29 is 13.2 Å². The molecule has 128 valence electrons. The minimum Gasteiger partial charge on any atom is -0.334 e. The van der Waals surface area contributed by atoms with E-state index in [-0.39, 0.29) is 12.1 Å². The SMILES string of the molecule is C[C@H](NC(=O)NCc1ccccc1)c1ccccc1NS(C)(=O)=O. The van der Waals surface area contributed by atoms with Crippen LogP contribution in [0.3, 0.4) is 0 Å². The van der Waals surface area contributed by atoms with Crippen LogP contribution in [-0.4, -0.2) is 20.7 Å². The van der Waals surface area contributed by atoms with Crippen LogP contribution in [0.5, 0.6) is 0 Å². The van der Waals surface area contributed by atoms with Gasteiger partial charge in [0.05, 0.1) is 18.0 Å². The standard InChI is InChI=1S/C17H21N3O3S/c1-13(15-10-6-7-11-16(15)20-24(2,22)23)19-17(21)18-12-14-8-4-3-5-9-14/h3-11,13,20H,12H2,1-2H3,(H2,18,19,21)/t13-/m0/s1. The first kappa shape index (κ1) is 17.8. The molecule has 0 fully saturated rings. The highest BCUT2D eigenvalue weighted by atomic mass is 32.2. The molecule has 2 rings (SSSR count). The molecule has 1 atom stereocenters. The fourth-order valence-corrected chi connectivity index (χ4v) is 2.86. The smallest absolute Gasteiger partial charge is 0.315 e. The van der Waals surface area contributed by atoms with Crippen molar-refractivity contribution in [3.05, 3.63) is 65.7 Å². The van der Waals surface area contributed by atoms with Gasteiger partial charge < -0.3 is 10.6 Å². The lowest BCUT2D eigenvalue weighted by atomic mass is 10.1. The Kier molecular flexibility index (Phi) is 5.81. The van der Waals surface area contributed by atoms with E-state index in [0.29, 0.717) is 17.8 Å². The van der Waals surface area contributed by atoms with Crippen LogP contribution in [0.2, 0.25) is 0 Å². The van der Waals surface area contributed by atoms with Gasteiger partial charge in [-0.15, -0.1) is 0 Å². The third-order valence-corrected chi connectivity index (χ3v) is 3.96. The number of amides is 2. The van der Waals surface area contributed by atoms with Crippen molar-refractivity contribution in [3.63, 3.8) is 0 Å². The van der Waals surface area contributed by atoms with Crippen molar-refractivity contribution in [2.24, 2.45) is 0 Å². The average Bonchev–Trinajstić information content (AvgIpc) is 2.53. The molecule has 0 radical (unpaired) electrons. The van der Waals surface area contributed by atoms with Gasteiger partial charge >= 0.3 is 6.03 Å². The zero-order valence-electron chi connectivity index (χ0n) is 13.6. The van der Waals surface area contributed by atoms with Gasteiger partial charge in [0.1, 0.15) is 0 Å². The number of para-hydroxylation sites is 1. The third-order valence-electron chi connectivity index (χ3n) is 3.37. The minimum atomic E-state index is -3.39. The number of carbonyl (C=O) groups excluding carboxylic acids is 1. The molecule has 0 aliphatic heterocycles. The summed E-state index contributed by atoms with van der Waals surface area (Å²) in [7, 11) is -3.39. The molecule has 0 aliphatic carbocycles. The predicted octanol–water partition coefficient (Wildman–Crippen LogP) is 2.62. The third kappa shape index (κ3) is 5.58. The van der Waals surface area contributed by atoms with E-state index in [9.17, 15) is 13.2 Å². The molecule has 2 aromatic rings. The first-order valence-corrected chi connectivity index (χ1v) is 9.39. The maximum atomic E-state index is 12.0. The lowest BCUT2D eigenvalue weighted by Crippen LogP contribution is -2.36. The molecule has 0 heterocycles. The lowest BCUT2D eigenvalue weighted by molar-refractivity contribution is 0.237. The second-order valence-corrected chi connectivity index (χ2v) is 7.24. The van der Waals surface area contributed by atoms with Crippen LogP contribution in [-0.2, 0) is 16.6 Å². The quantitative estimate of drug-likeness (QED) is 0.751. The summed E-state index contributed by atoms with van der Waals surface area (Å²) in [6.45, 7) is 2.22. The van der Waals surface area contributed by atoms with Crippen molar-refractivity contribution in [1.82, 2.24) is 10.6 Å². The minimum absolute atomic E-state index is 0.319. The molecule has 0 aromatic heterocycles. The highest BCUT2D eigenvalue weighted by molar-refractivity contribution is 7.92. The van der Waals surface area contributed by atoms with E-state index in [1.54, 1.807) is 31.2 Å². The molecule has 0 bridgehead atoms. The number of hydrogen-bond donors (Lipinski definition) is 3. The summed E-state index contributed by atoms with van der Waals surface area (Å²) >= 11 is 0. The summed E-state index contributed by atoms with van der Waals surface area (Å²) in [6.07, 6.45) is 1.09. The predicted molar refractivity (Wildman–Crippen MR) is 95.1 cm³/mol. The Hall–Kier alpha value is -2.54. The normalized spacial score (nSPS) is 12.2. The largest absolute Gasteiger partial charge is 0.334 e. The Morgan fingerprint density at radius 1 is 1.04 bits per heavy atom. The molecule has 0 spiro atoms. The Labute approximate surface area is 142 Å². The summed E-state index contributed by atoms with van der Waals surface area (Å²) in [6, 6.07) is 15.9. The van der Waals surface area contributed by atoms with Gasteiger partial charge in [-0.1, -0.05) is 48.5 Å². The van der Waals surface area contributed by atoms with E-state index in [2.05, 4.69) is 15.4 Å². The lowest BCUT2D eigenvalue weighted by Gasteiger charge is -2.18. The molecule has 7 heteroatoms. The first-order chi connectivity index (χ1) is 11.3. The van der Waals surface area contributed by atoms with Crippen molar-refractivity contribution >= 4 is 21.7 Å². The highest BCUT2D eigenvalue weighted by Crippen LogP contribution is 2.23. The molecule has 0 aliphatic rings. The van der Waals surface area contributed by atoms with Crippen LogP contribution >= 0.6 is 0 Å². The van der Waals surface area contributed by atoms with Crippen molar-refractivity contribution in [2.45, 2.75) is 19.5 Å². The van der Waals surface area contributed by atoms with Crippen LogP contribution in [0.25, 0.3) is 0 Å². The van der Waals surface area contributed by atoms with Crippen LogP contribution in [0.4, 0.5) is 10.5 Å². The first-order valence-electron chi connectivity index (χ1n) is 7.50. The molecule has 6 nitrogen and oxygen atoms in total. The van der Waals surface area contributed by atoms with E-state index in [4.69, 9.17) is 0 Å². The van der Waals surface area contributed by atoms with Gasteiger partial charge in [0.2, 0.25) is 10.0 Å². The summed E-state index contributed by atoms with van der Waals surface area (Å²) in [5, 5.41) is 5.59. The number of hydrogen-bond acceptors (Lipinski definition) is 3. The van der Waals surface area contributed by atoms with Crippen LogP contribution in [0.1, 0.15) is 24.1 Å². The molecule has 0 unspecified atom stereocenters. The van der Waals surface area contributed by atoms with Gasteiger partial charge in [-0.3, -0.25) is 4.72 Å². The summed E-state index contributed by atoms with van der Waals surface area (Å²) < 4.78 is 25.4. The Balaban J connectivity index is 1.99. The molecule has 0 saturated heterocycles. The summed E-state index contributed by atoms with van der Waals surface area (Å²) in [4.78, 5) is 12.0. The van der Waals surface area contributed by atoms with Crippen molar-refractivity contribution in [1.29, 1.82) is 0 Å². The van der Waals surface area contributed by atoms with E-state index in [1.165, 1.54) is 0 Å².